The molecule has 0 spiro atoms. The fraction of sp³-hybridized carbons (Fsp3) is 0.923. The summed E-state index contributed by atoms with van der Waals surface area (Å²) in [5.74, 6) is 0.145. The number of rotatable bonds is 6. The van der Waals surface area contributed by atoms with Crippen LogP contribution in [0.1, 0.15) is 48.0 Å². The number of carbonyl (C=O) groups excluding carboxylic acids is 1. The monoisotopic (exact) mass is 228 g/mol. The molecule has 2 N–H and O–H groups in total. The van der Waals surface area contributed by atoms with Crippen molar-refractivity contribution in [2.75, 3.05) is 13.6 Å². The Bertz CT molecular complexity index is 232. The predicted molar refractivity (Wildman–Crippen MR) is 69.4 cm³/mol. The van der Waals surface area contributed by atoms with E-state index in [1.165, 1.54) is 0 Å². The van der Waals surface area contributed by atoms with Crippen LogP contribution in [0, 0.1) is 10.8 Å². The molecule has 0 aromatic rings. The fourth-order valence-electron chi connectivity index (χ4n) is 2.28. The average molecular weight is 228 g/mol. The van der Waals surface area contributed by atoms with Gasteiger partial charge in [0.05, 0.1) is 0 Å². The molecule has 96 valence electrons. The molecule has 0 saturated heterocycles. The Morgan fingerprint density at radius 3 is 2.06 bits per heavy atom. The predicted octanol–water partition coefficient (Wildman–Crippen LogP) is 2.17. The van der Waals surface area contributed by atoms with Crippen LogP contribution in [0.15, 0.2) is 0 Å². The van der Waals surface area contributed by atoms with Crippen LogP contribution in [0.3, 0.4) is 0 Å². The zero-order valence-electron chi connectivity index (χ0n) is 11.9. The molecule has 3 heteroatoms. The van der Waals surface area contributed by atoms with Crippen molar-refractivity contribution in [2.24, 2.45) is 10.8 Å². The van der Waals surface area contributed by atoms with Crippen LogP contribution in [0.4, 0.5) is 0 Å². The third-order valence-corrected chi connectivity index (χ3v) is 2.61. The van der Waals surface area contributed by atoms with E-state index < -0.39 is 0 Å². The molecule has 0 aliphatic carbocycles. The summed E-state index contributed by atoms with van der Waals surface area (Å²) < 4.78 is 0. The largest absolute Gasteiger partial charge is 0.353 e. The van der Waals surface area contributed by atoms with Crippen molar-refractivity contribution in [2.45, 2.75) is 54.0 Å². The van der Waals surface area contributed by atoms with Gasteiger partial charge in [-0.25, -0.2) is 0 Å². The van der Waals surface area contributed by atoms with Crippen molar-refractivity contribution >= 4 is 5.91 Å². The van der Waals surface area contributed by atoms with E-state index >= 15 is 0 Å². The molecule has 0 aromatic carbocycles. The first-order chi connectivity index (χ1) is 7.10. The van der Waals surface area contributed by atoms with Gasteiger partial charge in [-0.15, -0.1) is 0 Å². The number of nitrogens with one attached hydrogen (secondary N) is 2. The van der Waals surface area contributed by atoms with Crippen molar-refractivity contribution in [3.05, 3.63) is 0 Å². The first-order valence-corrected chi connectivity index (χ1v) is 6.06. The first-order valence-electron chi connectivity index (χ1n) is 6.06. The van der Waals surface area contributed by atoms with Crippen LogP contribution in [0.2, 0.25) is 0 Å². The molecule has 0 heterocycles. The number of hydrogen-bond donors (Lipinski definition) is 2. The number of hydrogen-bond acceptors (Lipinski definition) is 2. The molecule has 0 atom stereocenters. The van der Waals surface area contributed by atoms with Crippen molar-refractivity contribution in [1.82, 2.24) is 10.6 Å². The smallest absolute Gasteiger partial charge is 0.225 e. The Morgan fingerprint density at radius 2 is 1.69 bits per heavy atom. The van der Waals surface area contributed by atoms with E-state index in [1.807, 2.05) is 34.7 Å². The summed E-state index contributed by atoms with van der Waals surface area (Å²) in [5.41, 5.74) is -0.183. The Hall–Kier alpha value is -0.570. The maximum Gasteiger partial charge on any atom is 0.225 e. The second-order valence-electron chi connectivity index (χ2n) is 6.38. The summed E-state index contributed by atoms with van der Waals surface area (Å²) in [6.45, 7) is 13.3. The van der Waals surface area contributed by atoms with Crippen LogP contribution in [-0.4, -0.2) is 25.5 Å². The summed E-state index contributed by atoms with van der Waals surface area (Å²) in [4.78, 5) is 12.0. The standard InChI is InChI=1S/C13H28N2O/c1-10(2)15-11(16)13(5,6)8-12(3,4)9-14-7/h10,14H,8-9H2,1-7H3,(H,15,16). The Balaban J connectivity index is 4.49. The van der Waals surface area contributed by atoms with E-state index in [1.54, 1.807) is 0 Å². The molecule has 0 unspecified atom stereocenters. The summed E-state index contributed by atoms with van der Waals surface area (Å²) >= 11 is 0. The molecule has 3 nitrogen and oxygen atoms in total. The van der Waals surface area contributed by atoms with E-state index in [9.17, 15) is 4.79 Å². The van der Waals surface area contributed by atoms with Gasteiger partial charge < -0.3 is 10.6 Å². The normalized spacial score (nSPS) is 13.0. The van der Waals surface area contributed by atoms with Gasteiger partial charge in [0.15, 0.2) is 0 Å². The topological polar surface area (TPSA) is 41.1 Å². The van der Waals surface area contributed by atoms with Gasteiger partial charge in [-0.1, -0.05) is 27.7 Å². The average Bonchev–Trinajstić information content (AvgIpc) is 1.99. The number of carbonyl (C=O) groups is 1. The van der Waals surface area contributed by atoms with E-state index in [0.717, 1.165) is 13.0 Å². The maximum absolute atomic E-state index is 12.0. The van der Waals surface area contributed by atoms with Gasteiger partial charge in [0.25, 0.3) is 0 Å². The lowest BCUT2D eigenvalue weighted by molar-refractivity contribution is -0.131. The van der Waals surface area contributed by atoms with Crippen molar-refractivity contribution in [3.63, 3.8) is 0 Å². The molecular weight excluding hydrogens is 200 g/mol. The molecule has 0 aliphatic heterocycles. The summed E-state index contributed by atoms with van der Waals surface area (Å²) in [5, 5.41) is 6.17. The van der Waals surface area contributed by atoms with Crippen LogP contribution < -0.4 is 10.6 Å². The van der Waals surface area contributed by atoms with Crippen molar-refractivity contribution in [3.8, 4) is 0 Å². The van der Waals surface area contributed by atoms with E-state index in [4.69, 9.17) is 0 Å². The lowest BCUT2D eigenvalue weighted by atomic mass is 9.74. The molecule has 1 amide bonds. The quantitative estimate of drug-likeness (QED) is 0.731. The van der Waals surface area contributed by atoms with E-state index in [-0.39, 0.29) is 22.8 Å². The van der Waals surface area contributed by atoms with Gasteiger partial charge in [0, 0.05) is 11.5 Å². The lowest BCUT2D eigenvalue weighted by Gasteiger charge is -2.34. The number of amides is 1. The maximum atomic E-state index is 12.0. The van der Waals surface area contributed by atoms with Crippen molar-refractivity contribution in [1.29, 1.82) is 0 Å². The van der Waals surface area contributed by atoms with Crippen LogP contribution in [0.25, 0.3) is 0 Å². The fourth-order valence-corrected chi connectivity index (χ4v) is 2.28. The van der Waals surface area contributed by atoms with Gasteiger partial charge in [-0.05, 0) is 39.3 Å². The molecule has 0 rings (SSSR count). The summed E-state index contributed by atoms with van der Waals surface area (Å²) in [6.07, 6.45) is 0.874. The van der Waals surface area contributed by atoms with Gasteiger partial charge >= 0.3 is 0 Å². The van der Waals surface area contributed by atoms with Crippen LogP contribution >= 0.6 is 0 Å². The third-order valence-electron chi connectivity index (χ3n) is 2.61. The molecule has 0 fully saturated rings. The second-order valence-corrected chi connectivity index (χ2v) is 6.38. The third kappa shape index (κ3) is 5.50. The molecule has 0 radical (unpaired) electrons. The van der Waals surface area contributed by atoms with Gasteiger partial charge in [-0.3, -0.25) is 4.79 Å². The lowest BCUT2D eigenvalue weighted by Crippen LogP contribution is -2.44. The SMILES string of the molecule is CNCC(C)(C)CC(C)(C)C(=O)NC(C)C. The zero-order valence-corrected chi connectivity index (χ0v) is 11.9. The van der Waals surface area contributed by atoms with Crippen molar-refractivity contribution < 1.29 is 4.79 Å². The highest BCUT2D eigenvalue weighted by molar-refractivity contribution is 5.82. The minimum atomic E-state index is -0.315. The minimum Gasteiger partial charge on any atom is -0.353 e. The molecule has 0 aliphatic rings. The first kappa shape index (κ1) is 15.4. The van der Waals surface area contributed by atoms with E-state index in [0.29, 0.717) is 0 Å². The van der Waals surface area contributed by atoms with Gasteiger partial charge in [-0.2, -0.15) is 0 Å². The highest BCUT2D eigenvalue weighted by Gasteiger charge is 2.34. The minimum absolute atomic E-state index is 0.132. The highest BCUT2D eigenvalue weighted by atomic mass is 16.2. The summed E-state index contributed by atoms with van der Waals surface area (Å²) in [6, 6.07) is 0.208. The second kappa shape index (κ2) is 5.67. The van der Waals surface area contributed by atoms with Gasteiger partial charge in [0.1, 0.15) is 0 Å². The molecule has 0 aromatic heterocycles. The van der Waals surface area contributed by atoms with Gasteiger partial charge in [0.2, 0.25) is 5.91 Å². The zero-order chi connectivity index (χ0) is 13.0. The molecular formula is C13H28N2O. The molecule has 0 saturated carbocycles. The molecule has 0 bridgehead atoms. The van der Waals surface area contributed by atoms with Crippen LogP contribution in [0.5, 0.6) is 0 Å². The van der Waals surface area contributed by atoms with E-state index in [2.05, 4.69) is 24.5 Å². The van der Waals surface area contributed by atoms with Crippen LogP contribution in [-0.2, 0) is 4.79 Å². The Morgan fingerprint density at radius 1 is 1.19 bits per heavy atom. The summed E-state index contributed by atoms with van der Waals surface area (Å²) in [7, 11) is 1.95. The highest BCUT2D eigenvalue weighted by Crippen LogP contribution is 2.33. The molecule has 16 heavy (non-hydrogen) atoms. The Labute approximate surface area is 100 Å². The Kier molecular flexibility index (Phi) is 5.47.